The molecular weight excluding hydrogens is 262 g/mol. The fourth-order valence-electron chi connectivity index (χ4n) is 2.93. The Bertz CT molecular complexity index is 592. The zero-order valence-electron chi connectivity index (χ0n) is 11.2. The van der Waals surface area contributed by atoms with Crippen LogP contribution in [0.15, 0.2) is 6.20 Å². The van der Waals surface area contributed by atoms with Gasteiger partial charge in [-0.1, -0.05) is 20.3 Å². The third-order valence-electron chi connectivity index (χ3n) is 3.83. The standard InChI is InChI=1S/C13H18ClN5/c1-13(2)5-3-4-8(6-13)16-10-9-7-15-19-11(9)18-12(14)17-10/h7-8H,3-6H2,1-2H3,(H2,15,16,17,18,19). The number of hydrogen-bond acceptors (Lipinski definition) is 4. The number of hydrogen-bond donors (Lipinski definition) is 2. The second-order valence-electron chi connectivity index (χ2n) is 6.08. The summed E-state index contributed by atoms with van der Waals surface area (Å²) in [7, 11) is 0. The van der Waals surface area contributed by atoms with Crippen molar-refractivity contribution in [3.8, 4) is 0 Å². The average Bonchev–Trinajstić information content (AvgIpc) is 2.75. The van der Waals surface area contributed by atoms with Gasteiger partial charge < -0.3 is 5.32 Å². The maximum atomic E-state index is 5.94. The summed E-state index contributed by atoms with van der Waals surface area (Å²) in [6.07, 6.45) is 6.59. The van der Waals surface area contributed by atoms with Crippen LogP contribution in [-0.2, 0) is 0 Å². The minimum atomic E-state index is 0.245. The molecule has 1 unspecified atom stereocenters. The van der Waals surface area contributed by atoms with Gasteiger partial charge in [-0.3, -0.25) is 5.10 Å². The SMILES string of the molecule is CC1(C)CCCC(Nc2nc(Cl)nc3[nH]ncc23)C1. The van der Waals surface area contributed by atoms with E-state index < -0.39 is 0 Å². The first-order chi connectivity index (χ1) is 9.03. The molecule has 2 aromatic heterocycles. The van der Waals surface area contributed by atoms with Gasteiger partial charge >= 0.3 is 0 Å². The third-order valence-corrected chi connectivity index (χ3v) is 4.00. The topological polar surface area (TPSA) is 66.5 Å². The monoisotopic (exact) mass is 279 g/mol. The normalized spacial score (nSPS) is 22.6. The third kappa shape index (κ3) is 2.66. The van der Waals surface area contributed by atoms with Gasteiger partial charge in [0.15, 0.2) is 5.65 Å². The van der Waals surface area contributed by atoms with E-state index in [0.29, 0.717) is 17.1 Å². The van der Waals surface area contributed by atoms with Crippen LogP contribution < -0.4 is 5.32 Å². The van der Waals surface area contributed by atoms with Crippen LogP contribution in [0.25, 0.3) is 11.0 Å². The second-order valence-corrected chi connectivity index (χ2v) is 6.41. The molecule has 0 spiro atoms. The van der Waals surface area contributed by atoms with Gasteiger partial charge in [0.05, 0.1) is 11.6 Å². The van der Waals surface area contributed by atoms with Gasteiger partial charge in [-0.2, -0.15) is 15.1 Å². The number of halogens is 1. The van der Waals surface area contributed by atoms with Gasteiger partial charge in [-0.25, -0.2) is 0 Å². The lowest BCUT2D eigenvalue weighted by atomic mass is 9.75. The lowest BCUT2D eigenvalue weighted by Gasteiger charge is -2.35. The van der Waals surface area contributed by atoms with Crippen molar-refractivity contribution in [3.63, 3.8) is 0 Å². The van der Waals surface area contributed by atoms with Crippen LogP contribution in [-0.4, -0.2) is 26.2 Å². The van der Waals surface area contributed by atoms with Crippen molar-refractivity contribution >= 4 is 28.5 Å². The Morgan fingerprint density at radius 3 is 3.05 bits per heavy atom. The molecule has 102 valence electrons. The second kappa shape index (κ2) is 4.63. The van der Waals surface area contributed by atoms with Gasteiger partial charge in [-0.05, 0) is 36.3 Å². The maximum absolute atomic E-state index is 5.94. The van der Waals surface area contributed by atoms with E-state index >= 15 is 0 Å². The highest BCUT2D eigenvalue weighted by Crippen LogP contribution is 2.36. The van der Waals surface area contributed by atoms with E-state index in [9.17, 15) is 0 Å². The Morgan fingerprint density at radius 1 is 1.42 bits per heavy atom. The summed E-state index contributed by atoms with van der Waals surface area (Å²) in [6.45, 7) is 4.64. The highest BCUT2D eigenvalue weighted by molar-refractivity contribution is 6.28. The molecule has 0 amide bonds. The van der Waals surface area contributed by atoms with E-state index in [1.165, 1.54) is 19.3 Å². The van der Waals surface area contributed by atoms with Crippen LogP contribution in [0.5, 0.6) is 0 Å². The molecule has 2 aromatic rings. The van der Waals surface area contributed by atoms with E-state index in [2.05, 4.69) is 39.3 Å². The summed E-state index contributed by atoms with van der Waals surface area (Å²) in [5.41, 5.74) is 1.07. The summed E-state index contributed by atoms with van der Waals surface area (Å²) < 4.78 is 0. The van der Waals surface area contributed by atoms with E-state index in [1.807, 2.05) is 0 Å². The molecule has 0 bridgehead atoms. The molecule has 1 atom stereocenters. The van der Waals surface area contributed by atoms with Crippen molar-refractivity contribution in [1.29, 1.82) is 0 Å². The first-order valence-electron chi connectivity index (χ1n) is 6.67. The average molecular weight is 280 g/mol. The van der Waals surface area contributed by atoms with Crippen molar-refractivity contribution in [2.24, 2.45) is 5.41 Å². The molecule has 0 radical (unpaired) electrons. The zero-order valence-corrected chi connectivity index (χ0v) is 12.0. The number of fused-ring (bicyclic) bond motifs is 1. The van der Waals surface area contributed by atoms with Gasteiger partial charge in [0.2, 0.25) is 5.28 Å². The zero-order chi connectivity index (χ0) is 13.5. The number of H-pyrrole nitrogens is 1. The number of aromatic nitrogens is 4. The summed E-state index contributed by atoms with van der Waals surface area (Å²) in [4.78, 5) is 8.41. The van der Waals surface area contributed by atoms with Gasteiger partial charge in [0.1, 0.15) is 5.82 Å². The summed E-state index contributed by atoms with van der Waals surface area (Å²) in [5, 5.41) is 11.5. The van der Waals surface area contributed by atoms with Gasteiger partial charge in [-0.15, -0.1) is 0 Å². The minimum absolute atomic E-state index is 0.245. The van der Waals surface area contributed by atoms with Crippen molar-refractivity contribution < 1.29 is 0 Å². The molecule has 5 nitrogen and oxygen atoms in total. The molecule has 1 saturated carbocycles. The molecule has 1 aliphatic carbocycles. The maximum Gasteiger partial charge on any atom is 0.226 e. The van der Waals surface area contributed by atoms with Crippen LogP contribution in [0.3, 0.4) is 0 Å². The molecular formula is C13H18ClN5. The fourth-order valence-corrected chi connectivity index (χ4v) is 3.10. The van der Waals surface area contributed by atoms with E-state index in [4.69, 9.17) is 11.6 Å². The van der Waals surface area contributed by atoms with Crippen LogP contribution in [0.2, 0.25) is 5.28 Å². The molecule has 6 heteroatoms. The minimum Gasteiger partial charge on any atom is -0.367 e. The number of nitrogens with one attached hydrogen (secondary N) is 2. The van der Waals surface area contributed by atoms with Crippen LogP contribution in [0.1, 0.15) is 39.5 Å². The van der Waals surface area contributed by atoms with Crippen LogP contribution in [0, 0.1) is 5.41 Å². The molecule has 0 aliphatic heterocycles. The van der Waals surface area contributed by atoms with Crippen molar-refractivity contribution in [1.82, 2.24) is 20.2 Å². The molecule has 2 heterocycles. The first kappa shape index (κ1) is 12.7. The van der Waals surface area contributed by atoms with Gasteiger partial charge in [0, 0.05) is 6.04 Å². The predicted octanol–water partition coefficient (Wildman–Crippen LogP) is 3.39. The largest absolute Gasteiger partial charge is 0.367 e. The predicted molar refractivity (Wildman–Crippen MR) is 76.4 cm³/mol. The number of rotatable bonds is 2. The summed E-state index contributed by atoms with van der Waals surface area (Å²) in [5.74, 6) is 0.784. The lowest BCUT2D eigenvalue weighted by molar-refractivity contribution is 0.229. The van der Waals surface area contributed by atoms with Crippen molar-refractivity contribution in [3.05, 3.63) is 11.5 Å². The van der Waals surface area contributed by atoms with Crippen LogP contribution >= 0.6 is 11.6 Å². The molecule has 1 aliphatic rings. The Morgan fingerprint density at radius 2 is 2.26 bits per heavy atom. The van der Waals surface area contributed by atoms with Crippen LogP contribution in [0.4, 0.5) is 5.82 Å². The number of aromatic amines is 1. The van der Waals surface area contributed by atoms with Crippen molar-refractivity contribution in [2.45, 2.75) is 45.6 Å². The molecule has 1 fully saturated rings. The molecule has 2 N–H and O–H groups in total. The highest BCUT2D eigenvalue weighted by Gasteiger charge is 2.28. The molecule has 19 heavy (non-hydrogen) atoms. The molecule has 0 saturated heterocycles. The van der Waals surface area contributed by atoms with E-state index in [1.54, 1.807) is 6.20 Å². The first-order valence-corrected chi connectivity index (χ1v) is 7.04. The Hall–Kier alpha value is -1.36. The van der Waals surface area contributed by atoms with E-state index in [0.717, 1.165) is 17.6 Å². The van der Waals surface area contributed by atoms with E-state index in [-0.39, 0.29) is 5.28 Å². The smallest absolute Gasteiger partial charge is 0.226 e. The lowest BCUT2D eigenvalue weighted by Crippen LogP contribution is -2.32. The Balaban J connectivity index is 1.86. The van der Waals surface area contributed by atoms with Gasteiger partial charge in [0.25, 0.3) is 0 Å². The Labute approximate surface area is 117 Å². The summed E-state index contributed by atoms with van der Waals surface area (Å²) in [6, 6.07) is 0.438. The highest BCUT2D eigenvalue weighted by atomic mass is 35.5. The molecule has 3 rings (SSSR count). The van der Waals surface area contributed by atoms with Crippen molar-refractivity contribution in [2.75, 3.05) is 5.32 Å². The number of nitrogens with zero attached hydrogens (tertiary/aromatic N) is 3. The number of anilines is 1. The quantitative estimate of drug-likeness (QED) is 0.827. The summed E-state index contributed by atoms with van der Waals surface area (Å²) >= 11 is 5.94. The Kier molecular flexibility index (Phi) is 3.09. The molecule has 0 aromatic carbocycles. The fraction of sp³-hybridized carbons (Fsp3) is 0.615.